The Balaban J connectivity index is 1.65. The average Bonchev–Trinajstić information content (AvgIpc) is 3.04. The zero-order valence-corrected chi connectivity index (χ0v) is 21.2. The predicted octanol–water partition coefficient (Wildman–Crippen LogP) is 4.25. The molecule has 4 aliphatic rings. The zero-order valence-electron chi connectivity index (χ0n) is 21.2. The molecule has 0 aromatic heterocycles. The van der Waals surface area contributed by atoms with Crippen LogP contribution in [0.2, 0.25) is 0 Å². The number of aliphatic hydroxyl groups is 1. The molecule has 0 amide bonds. The van der Waals surface area contributed by atoms with Gasteiger partial charge in [0.15, 0.2) is 0 Å². The minimum atomic E-state index is -0.631. The van der Waals surface area contributed by atoms with Crippen molar-refractivity contribution < 1.29 is 24.5 Å². The molecule has 6 heteroatoms. The van der Waals surface area contributed by atoms with Crippen molar-refractivity contribution in [2.24, 2.45) is 46.3 Å². The summed E-state index contributed by atoms with van der Waals surface area (Å²) in [6.07, 6.45) is 6.35. The van der Waals surface area contributed by atoms with E-state index in [9.17, 15) is 19.8 Å². The molecule has 188 valence electrons. The van der Waals surface area contributed by atoms with Gasteiger partial charge in [0.25, 0.3) is 0 Å². The molecule has 10 atom stereocenters. The molecule has 4 fully saturated rings. The third kappa shape index (κ3) is 4.35. The number of fused-ring (bicyclic) bond motifs is 5. The van der Waals surface area contributed by atoms with Crippen molar-refractivity contribution in [3.63, 3.8) is 0 Å². The van der Waals surface area contributed by atoms with Crippen LogP contribution < -0.4 is 5.32 Å². The maximum Gasteiger partial charge on any atom is 0.307 e. The lowest BCUT2D eigenvalue weighted by Crippen LogP contribution is -2.64. The van der Waals surface area contributed by atoms with Crippen LogP contribution in [0, 0.1) is 46.3 Å². The van der Waals surface area contributed by atoms with E-state index < -0.39 is 18.2 Å². The number of rotatable bonds is 6. The minimum absolute atomic E-state index is 0.0306. The van der Waals surface area contributed by atoms with Gasteiger partial charge in [-0.3, -0.25) is 9.59 Å². The lowest BCUT2D eigenvalue weighted by Gasteiger charge is -2.64. The van der Waals surface area contributed by atoms with Gasteiger partial charge < -0.3 is 20.3 Å². The number of ether oxygens (including phenoxy) is 1. The van der Waals surface area contributed by atoms with Gasteiger partial charge in [-0.1, -0.05) is 27.7 Å². The number of hydrogen-bond donors (Lipinski definition) is 3. The Kier molecular flexibility index (Phi) is 6.92. The van der Waals surface area contributed by atoms with E-state index >= 15 is 0 Å². The predicted molar refractivity (Wildman–Crippen MR) is 126 cm³/mol. The third-order valence-electron chi connectivity index (χ3n) is 10.4. The molecular weight excluding hydrogens is 418 g/mol. The third-order valence-corrected chi connectivity index (χ3v) is 10.4. The van der Waals surface area contributed by atoms with Gasteiger partial charge in [-0.05, 0) is 98.3 Å². The molecule has 4 saturated carbocycles. The van der Waals surface area contributed by atoms with E-state index in [2.05, 4.69) is 33.0 Å². The van der Waals surface area contributed by atoms with Crippen LogP contribution in [0.1, 0.15) is 86.0 Å². The number of carboxylic acids is 1. The summed E-state index contributed by atoms with van der Waals surface area (Å²) < 4.78 is 5.51. The second kappa shape index (κ2) is 9.14. The average molecular weight is 464 g/mol. The molecule has 0 saturated heterocycles. The maximum absolute atomic E-state index is 12.2. The van der Waals surface area contributed by atoms with Gasteiger partial charge in [0.05, 0.1) is 12.0 Å². The molecule has 0 aromatic rings. The van der Waals surface area contributed by atoms with Gasteiger partial charge >= 0.3 is 11.9 Å². The quantitative estimate of drug-likeness (QED) is 0.510. The first kappa shape index (κ1) is 25.0. The number of carbonyl (C=O) groups excluding carboxylic acids is 1. The van der Waals surface area contributed by atoms with Crippen molar-refractivity contribution >= 4 is 11.9 Å². The van der Waals surface area contributed by atoms with Crippen LogP contribution in [-0.2, 0) is 14.3 Å². The summed E-state index contributed by atoms with van der Waals surface area (Å²) in [6, 6.07) is 0.264. The van der Waals surface area contributed by atoms with Crippen LogP contribution >= 0.6 is 0 Å². The number of carbonyl (C=O) groups is 2. The van der Waals surface area contributed by atoms with E-state index in [1.807, 2.05) is 0 Å². The largest absolute Gasteiger partial charge is 0.481 e. The number of aliphatic hydroxyl groups excluding tert-OH is 1. The number of nitrogens with one attached hydrogen (secondary N) is 1. The molecule has 0 unspecified atom stereocenters. The minimum Gasteiger partial charge on any atom is -0.481 e. The Morgan fingerprint density at radius 1 is 1.09 bits per heavy atom. The summed E-state index contributed by atoms with van der Waals surface area (Å²) in [5, 5.41) is 25.0. The SMILES string of the molecule is CC(=O)O[C@H]1C[C@@H]2CC[C@@H]3[C@H]([C@H](NCCC(C)C)C[C@]4(C)[C@@H](C(=O)O)CC[C@@H]34)[C@@]2(C)C[C@@H]1O. The van der Waals surface area contributed by atoms with E-state index in [1.54, 1.807) is 0 Å². The summed E-state index contributed by atoms with van der Waals surface area (Å²) >= 11 is 0. The zero-order chi connectivity index (χ0) is 24.1. The van der Waals surface area contributed by atoms with Gasteiger partial charge in [-0.15, -0.1) is 0 Å². The number of esters is 1. The van der Waals surface area contributed by atoms with E-state index in [1.165, 1.54) is 6.92 Å². The summed E-state index contributed by atoms with van der Waals surface area (Å²) in [6.45, 7) is 11.5. The fraction of sp³-hybridized carbons (Fsp3) is 0.926. The molecular formula is C27H45NO5. The van der Waals surface area contributed by atoms with Crippen LogP contribution in [0.5, 0.6) is 0 Å². The van der Waals surface area contributed by atoms with Crippen molar-refractivity contribution in [3.8, 4) is 0 Å². The molecule has 0 aliphatic heterocycles. The van der Waals surface area contributed by atoms with Gasteiger partial charge in [-0.2, -0.15) is 0 Å². The van der Waals surface area contributed by atoms with Crippen molar-refractivity contribution in [2.45, 2.75) is 104 Å². The fourth-order valence-electron chi connectivity index (χ4n) is 8.95. The van der Waals surface area contributed by atoms with Crippen LogP contribution in [0.15, 0.2) is 0 Å². The highest BCUT2D eigenvalue weighted by molar-refractivity contribution is 5.71. The van der Waals surface area contributed by atoms with Gasteiger partial charge in [0.1, 0.15) is 6.10 Å². The van der Waals surface area contributed by atoms with E-state index in [4.69, 9.17) is 4.74 Å². The van der Waals surface area contributed by atoms with E-state index in [-0.39, 0.29) is 28.8 Å². The van der Waals surface area contributed by atoms with Gasteiger partial charge in [0, 0.05) is 13.0 Å². The smallest absolute Gasteiger partial charge is 0.307 e. The summed E-state index contributed by atoms with van der Waals surface area (Å²) in [5.74, 6) is 1.18. The Hall–Kier alpha value is -1.14. The highest BCUT2D eigenvalue weighted by atomic mass is 16.6. The van der Waals surface area contributed by atoms with Gasteiger partial charge in [0.2, 0.25) is 0 Å². The molecule has 0 spiro atoms. The first-order chi connectivity index (χ1) is 15.5. The molecule has 4 aliphatic carbocycles. The monoisotopic (exact) mass is 463 g/mol. The number of aliphatic carboxylic acids is 1. The second-order valence-electron chi connectivity index (χ2n) is 12.7. The van der Waals surface area contributed by atoms with Crippen molar-refractivity contribution in [3.05, 3.63) is 0 Å². The summed E-state index contributed by atoms with van der Waals surface area (Å²) in [5.41, 5.74) is -0.198. The van der Waals surface area contributed by atoms with Crippen molar-refractivity contribution in [1.29, 1.82) is 0 Å². The fourth-order valence-corrected chi connectivity index (χ4v) is 8.95. The molecule has 4 rings (SSSR count). The van der Waals surface area contributed by atoms with E-state index in [0.29, 0.717) is 36.0 Å². The molecule has 0 heterocycles. The Morgan fingerprint density at radius 2 is 1.82 bits per heavy atom. The molecule has 0 bridgehead atoms. The van der Waals surface area contributed by atoms with Crippen LogP contribution in [0.3, 0.4) is 0 Å². The van der Waals surface area contributed by atoms with Crippen LogP contribution in [0.25, 0.3) is 0 Å². The lowest BCUT2D eigenvalue weighted by molar-refractivity contribution is -0.188. The molecule has 33 heavy (non-hydrogen) atoms. The van der Waals surface area contributed by atoms with Crippen molar-refractivity contribution in [1.82, 2.24) is 5.32 Å². The summed E-state index contributed by atoms with van der Waals surface area (Å²) in [4.78, 5) is 23.8. The van der Waals surface area contributed by atoms with E-state index in [0.717, 1.165) is 51.5 Å². The normalized spacial score (nSPS) is 46.9. The highest BCUT2D eigenvalue weighted by Gasteiger charge is 2.65. The standard InChI is InChI=1S/C27H45NO5/c1-15(2)10-11-28-21-13-27(5)19(8-9-20(27)25(31)32)18-7-6-17-12-23(33-16(3)29)22(30)14-26(17,4)24(18)21/h15,17-24,28,30H,6-14H2,1-5H3,(H,31,32)/t17-,18-,19-,20+,21+,22-,23-,24+,26-,27-/m0/s1. The molecule has 6 nitrogen and oxygen atoms in total. The van der Waals surface area contributed by atoms with Crippen molar-refractivity contribution in [2.75, 3.05) is 6.54 Å². The lowest BCUT2D eigenvalue weighted by atomic mass is 9.43. The van der Waals surface area contributed by atoms with Gasteiger partial charge in [-0.25, -0.2) is 0 Å². The second-order valence-corrected chi connectivity index (χ2v) is 12.7. The Morgan fingerprint density at radius 3 is 2.45 bits per heavy atom. The summed E-state index contributed by atoms with van der Waals surface area (Å²) in [7, 11) is 0. The molecule has 0 radical (unpaired) electrons. The van der Waals surface area contributed by atoms with Crippen LogP contribution in [-0.4, -0.2) is 46.9 Å². The maximum atomic E-state index is 12.2. The van der Waals surface area contributed by atoms with Crippen LogP contribution in [0.4, 0.5) is 0 Å². The first-order valence-corrected chi connectivity index (χ1v) is 13.3. The molecule has 0 aromatic carbocycles. The number of carboxylic acid groups (broad SMARTS) is 1. The topological polar surface area (TPSA) is 95.9 Å². The highest BCUT2D eigenvalue weighted by Crippen LogP contribution is 2.67. The Bertz CT molecular complexity index is 755. The molecule has 3 N–H and O–H groups in total. The number of hydrogen-bond acceptors (Lipinski definition) is 5. The Labute approximate surface area is 199 Å². The first-order valence-electron chi connectivity index (χ1n) is 13.3.